The van der Waals surface area contributed by atoms with Gasteiger partial charge in [0.25, 0.3) is 5.91 Å². The SMILES string of the molecule is CN=c1scc(CC(=O)NC2C(=O)N3C(C(=O)O)=C(COC(C)=O)CS[C@@H]23)n1C. The van der Waals surface area contributed by atoms with Gasteiger partial charge in [-0.25, -0.2) is 4.79 Å². The maximum absolute atomic E-state index is 12.6. The average Bonchev–Trinajstić information content (AvgIpc) is 3.02. The fourth-order valence-corrected chi connectivity index (χ4v) is 5.33. The summed E-state index contributed by atoms with van der Waals surface area (Å²) in [6.45, 7) is 1.04. The molecule has 0 aromatic carbocycles. The molecule has 1 unspecified atom stereocenters. The van der Waals surface area contributed by atoms with E-state index in [0.29, 0.717) is 5.57 Å². The number of thioether (sulfide) groups is 1. The number of amides is 2. The van der Waals surface area contributed by atoms with Crippen molar-refractivity contribution in [3.63, 3.8) is 0 Å². The molecule has 0 spiro atoms. The van der Waals surface area contributed by atoms with E-state index in [0.717, 1.165) is 15.4 Å². The number of esters is 1. The molecular formula is C17H20N4O6S2. The Bertz CT molecular complexity index is 979. The first-order chi connectivity index (χ1) is 13.7. The molecule has 2 N–H and O–H groups in total. The van der Waals surface area contributed by atoms with Crippen molar-refractivity contribution in [2.75, 3.05) is 19.4 Å². The van der Waals surface area contributed by atoms with Crippen molar-refractivity contribution in [2.24, 2.45) is 12.0 Å². The molecular weight excluding hydrogens is 420 g/mol. The van der Waals surface area contributed by atoms with E-state index in [2.05, 4.69) is 10.3 Å². The predicted molar refractivity (Wildman–Crippen MR) is 105 cm³/mol. The number of fused-ring (bicyclic) bond motifs is 1. The second-order valence-electron chi connectivity index (χ2n) is 6.46. The first kappa shape index (κ1) is 21.1. The summed E-state index contributed by atoms with van der Waals surface area (Å²) in [5.41, 5.74) is 0.944. The molecule has 0 radical (unpaired) electrons. The molecule has 2 atom stereocenters. The summed E-state index contributed by atoms with van der Waals surface area (Å²) in [5.74, 6) is -2.33. The molecule has 2 amide bonds. The fraction of sp³-hybridized carbons (Fsp3) is 0.471. The van der Waals surface area contributed by atoms with Gasteiger partial charge in [-0.15, -0.1) is 23.1 Å². The van der Waals surface area contributed by atoms with Gasteiger partial charge in [0.1, 0.15) is 23.7 Å². The van der Waals surface area contributed by atoms with Crippen LogP contribution in [0.25, 0.3) is 0 Å². The molecule has 10 nitrogen and oxygen atoms in total. The quantitative estimate of drug-likeness (QED) is 0.449. The molecule has 3 heterocycles. The number of nitrogens with one attached hydrogen (secondary N) is 1. The fourth-order valence-electron chi connectivity index (χ4n) is 3.14. The third-order valence-corrected chi connectivity index (χ3v) is 6.96. The van der Waals surface area contributed by atoms with E-state index in [1.54, 1.807) is 11.6 Å². The Morgan fingerprint density at radius 1 is 1.41 bits per heavy atom. The minimum Gasteiger partial charge on any atom is -0.477 e. The van der Waals surface area contributed by atoms with Crippen LogP contribution in [0.2, 0.25) is 0 Å². The Balaban J connectivity index is 1.70. The molecule has 0 bridgehead atoms. The zero-order valence-corrected chi connectivity index (χ0v) is 17.6. The molecule has 29 heavy (non-hydrogen) atoms. The van der Waals surface area contributed by atoms with Crippen LogP contribution in [-0.2, 0) is 37.4 Å². The van der Waals surface area contributed by atoms with Crippen LogP contribution in [0.3, 0.4) is 0 Å². The molecule has 1 aromatic heterocycles. The maximum atomic E-state index is 12.6. The third kappa shape index (κ3) is 4.08. The van der Waals surface area contributed by atoms with Gasteiger partial charge in [-0.05, 0) is 0 Å². The molecule has 0 saturated carbocycles. The summed E-state index contributed by atoms with van der Waals surface area (Å²) in [7, 11) is 3.48. The summed E-state index contributed by atoms with van der Waals surface area (Å²) in [6, 6.07) is -0.795. The number of hydrogen-bond acceptors (Lipinski definition) is 8. The number of carboxylic acid groups (broad SMARTS) is 1. The van der Waals surface area contributed by atoms with Crippen molar-refractivity contribution in [3.05, 3.63) is 27.1 Å². The molecule has 2 aliphatic heterocycles. The van der Waals surface area contributed by atoms with E-state index in [1.807, 2.05) is 12.4 Å². The van der Waals surface area contributed by atoms with Crippen molar-refractivity contribution in [2.45, 2.75) is 24.8 Å². The summed E-state index contributed by atoms with van der Waals surface area (Å²) in [6.07, 6.45) is 0.0863. The first-order valence-electron chi connectivity index (χ1n) is 8.63. The van der Waals surface area contributed by atoms with Crippen LogP contribution in [0.1, 0.15) is 12.6 Å². The minimum absolute atomic E-state index is 0.0863. The van der Waals surface area contributed by atoms with Crippen LogP contribution in [0.5, 0.6) is 0 Å². The summed E-state index contributed by atoms with van der Waals surface area (Å²) in [5, 5.41) is 13.6. The van der Waals surface area contributed by atoms with Crippen LogP contribution in [-0.4, -0.2) is 69.1 Å². The number of nitrogens with zero attached hydrogens (tertiary/aromatic N) is 3. The molecule has 2 aliphatic rings. The lowest BCUT2D eigenvalue weighted by molar-refractivity contribution is -0.151. The maximum Gasteiger partial charge on any atom is 0.352 e. The lowest BCUT2D eigenvalue weighted by Crippen LogP contribution is -2.70. The molecule has 0 aliphatic carbocycles. The molecule has 3 rings (SSSR count). The van der Waals surface area contributed by atoms with Crippen molar-refractivity contribution in [1.29, 1.82) is 0 Å². The van der Waals surface area contributed by atoms with Crippen molar-refractivity contribution >= 4 is 46.9 Å². The van der Waals surface area contributed by atoms with Gasteiger partial charge in [0.2, 0.25) is 5.91 Å². The Morgan fingerprint density at radius 2 is 2.14 bits per heavy atom. The number of aromatic nitrogens is 1. The largest absolute Gasteiger partial charge is 0.477 e. The van der Waals surface area contributed by atoms with Gasteiger partial charge >= 0.3 is 11.9 Å². The van der Waals surface area contributed by atoms with Crippen molar-refractivity contribution < 1.29 is 29.0 Å². The number of carbonyl (C=O) groups is 4. The molecule has 12 heteroatoms. The van der Waals surface area contributed by atoms with Crippen LogP contribution in [0.4, 0.5) is 0 Å². The number of hydrogen-bond donors (Lipinski definition) is 2. The van der Waals surface area contributed by atoms with Gasteiger partial charge in [-0.2, -0.15) is 0 Å². The normalized spacial score (nSPS) is 21.6. The highest BCUT2D eigenvalue weighted by molar-refractivity contribution is 8.00. The van der Waals surface area contributed by atoms with Gasteiger partial charge in [0, 0.05) is 43.4 Å². The highest BCUT2D eigenvalue weighted by Gasteiger charge is 2.54. The molecule has 156 valence electrons. The zero-order chi connectivity index (χ0) is 21.3. The molecule has 1 saturated heterocycles. The van der Waals surface area contributed by atoms with Gasteiger partial charge in [0.05, 0.1) is 6.42 Å². The topological polar surface area (TPSA) is 130 Å². The van der Waals surface area contributed by atoms with E-state index in [4.69, 9.17) is 4.74 Å². The summed E-state index contributed by atoms with van der Waals surface area (Å²) >= 11 is 2.74. The van der Waals surface area contributed by atoms with E-state index in [1.165, 1.54) is 30.0 Å². The smallest absolute Gasteiger partial charge is 0.352 e. The number of ether oxygens (including phenoxy) is 1. The summed E-state index contributed by atoms with van der Waals surface area (Å²) in [4.78, 5) is 53.7. The second-order valence-corrected chi connectivity index (χ2v) is 8.40. The second kappa shape index (κ2) is 8.41. The van der Waals surface area contributed by atoms with Gasteiger partial charge < -0.3 is 19.7 Å². The van der Waals surface area contributed by atoms with E-state index in [9.17, 15) is 24.3 Å². The predicted octanol–water partition coefficient (Wildman–Crippen LogP) is -0.539. The highest BCUT2D eigenvalue weighted by atomic mass is 32.2. The number of β-lactam (4-membered cyclic amide) rings is 1. The number of rotatable bonds is 6. The Hall–Kier alpha value is -2.60. The highest BCUT2D eigenvalue weighted by Crippen LogP contribution is 2.40. The minimum atomic E-state index is -1.27. The number of carboxylic acids is 1. The summed E-state index contributed by atoms with van der Waals surface area (Å²) < 4.78 is 6.70. The zero-order valence-electron chi connectivity index (χ0n) is 16.0. The Labute approximate surface area is 174 Å². The lowest BCUT2D eigenvalue weighted by Gasteiger charge is -2.49. The lowest BCUT2D eigenvalue weighted by atomic mass is 10.0. The first-order valence-corrected chi connectivity index (χ1v) is 10.6. The number of thiazole rings is 1. The average molecular weight is 441 g/mol. The van der Waals surface area contributed by atoms with Crippen LogP contribution in [0, 0.1) is 0 Å². The van der Waals surface area contributed by atoms with Crippen molar-refractivity contribution in [3.8, 4) is 0 Å². The Kier molecular flexibility index (Phi) is 6.13. The van der Waals surface area contributed by atoms with Crippen LogP contribution < -0.4 is 10.1 Å². The van der Waals surface area contributed by atoms with Crippen LogP contribution in [0.15, 0.2) is 21.6 Å². The van der Waals surface area contributed by atoms with Gasteiger partial charge in [-0.3, -0.25) is 24.3 Å². The Morgan fingerprint density at radius 3 is 2.72 bits per heavy atom. The monoisotopic (exact) mass is 440 g/mol. The van der Waals surface area contributed by atoms with Gasteiger partial charge in [-0.1, -0.05) is 0 Å². The third-order valence-electron chi connectivity index (χ3n) is 4.57. The van der Waals surface area contributed by atoms with Crippen molar-refractivity contribution in [1.82, 2.24) is 14.8 Å². The standard InChI is InChI=1S/C17H20N4O6S2/c1-8(22)27-5-9-6-28-15-12(14(24)21(15)13(9)16(25)26)19-11(23)4-10-7-29-17(18-2)20(10)3/h7,12,15H,4-6H2,1-3H3,(H,19,23)(H,25,26)/t12?,15-/m0/s1. The van der Waals surface area contributed by atoms with E-state index < -0.39 is 29.3 Å². The van der Waals surface area contributed by atoms with E-state index in [-0.39, 0.29) is 30.4 Å². The molecule has 1 aromatic rings. The van der Waals surface area contributed by atoms with E-state index >= 15 is 0 Å². The number of carbonyl (C=O) groups excluding carboxylic acids is 3. The van der Waals surface area contributed by atoms with Gasteiger partial charge in [0.15, 0.2) is 4.80 Å². The number of aliphatic carboxylic acids is 1. The molecule has 1 fully saturated rings. The van der Waals surface area contributed by atoms with Crippen LogP contribution >= 0.6 is 23.1 Å².